The summed E-state index contributed by atoms with van der Waals surface area (Å²) in [6.07, 6.45) is 3.26. The molecule has 2 rings (SSSR count). The van der Waals surface area contributed by atoms with Gasteiger partial charge in [0.1, 0.15) is 0 Å². The lowest BCUT2D eigenvalue weighted by Gasteiger charge is -2.40. The van der Waals surface area contributed by atoms with E-state index >= 15 is 0 Å². The molecule has 2 fully saturated rings. The van der Waals surface area contributed by atoms with Gasteiger partial charge in [-0.05, 0) is 19.3 Å². The topological polar surface area (TPSA) is 58.9 Å². The zero-order chi connectivity index (χ0) is 10.1. The van der Waals surface area contributed by atoms with Gasteiger partial charge in [0.15, 0.2) is 5.79 Å². The fraction of sp³-hybridized carbons (Fsp3) is 1.00. The Hall–Kier alpha value is -0.160. The van der Waals surface area contributed by atoms with Gasteiger partial charge < -0.3 is 19.7 Å². The second-order valence-corrected chi connectivity index (χ2v) is 4.31. The zero-order valence-corrected chi connectivity index (χ0v) is 8.37. The first-order chi connectivity index (χ1) is 6.68. The molecule has 4 heteroatoms. The molecule has 0 aromatic carbocycles. The molecule has 1 saturated heterocycles. The molecule has 4 nitrogen and oxygen atoms in total. The van der Waals surface area contributed by atoms with Gasteiger partial charge in [-0.25, -0.2) is 0 Å². The molecule has 0 aromatic heterocycles. The molecule has 2 aliphatic rings. The maximum absolute atomic E-state index is 10.0. The Kier molecular flexibility index (Phi) is 2.79. The van der Waals surface area contributed by atoms with E-state index in [1.807, 2.05) is 0 Å². The predicted octanol–water partition coefficient (Wildman–Crippen LogP) is 0.417. The van der Waals surface area contributed by atoms with Crippen molar-refractivity contribution in [3.63, 3.8) is 0 Å². The molecule has 0 bridgehead atoms. The molecule has 0 aromatic rings. The van der Waals surface area contributed by atoms with Crippen LogP contribution in [0.5, 0.6) is 0 Å². The number of ether oxygens (including phenoxy) is 2. The van der Waals surface area contributed by atoms with Crippen LogP contribution in [0.4, 0.5) is 0 Å². The minimum atomic E-state index is -0.699. The third-order valence-corrected chi connectivity index (χ3v) is 3.33. The third kappa shape index (κ3) is 1.93. The van der Waals surface area contributed by atoms with Gasteiger partial charge in [-0.1, -0.05) is 0 Å². The summed E-state index contributed by atoms with van der Waals surface area (Å²) < 4.78 is 11.1. The molecule has 1 aliphatic carbocycles. The largest absolute Gasteiger partial charge is 0.396 e. The van der Waals surface area contributed by atoms with Gasteiger partial charge in [0.05, 0.1) is 18.8 Å². The van der Waals surface area contributed by atoms with E-state index in [2.05, 4.69) is 0 Å². The summed E-state index contributed by atoms with van der Waals surface area (Å²) in [6, 6.07) is 0. The normalized spacial score (nSPS) is 29.6. The lowest BCUT2D eigenvalue weighted by atomic mass is 9.79. The maximum Gasteiger partial charge on any atom is 0.168 e. The van der Waals surface area contributed by atoms with E-state index < -0.39 is 11.4 Å². The molecule has 2 N–H and O–H groups in total. The molecule has 1 spiro atoms. The van der Waals surface area contributed by atoms with Crippen LogP contribution in [0.2, 0.25) is 0 Å². The van der Waals surface area contributed by atoms with Crippen LogP contribution in [0.25, 0.3) is 0 Å². The number of hydrogen-bond acceptors (Lipinski definition) is 4. The first kappa shape index (κ1) is 10.4. The van der Waals surface area contributed by atoms with Crippen molar-refractivity contribution >= 4 is 0 Å². The lowest BCUT2D eigenvalue weighted by Crippen LogP contribution is -2.44. The van der Waals surface area contributed by atoms with Crippen molar-refractivity contribution in [3.05, 3.63) is 0 Å². The first-order valence-corrected chi connectivity index (χ1v) is 5.29. The highest BCUT2D eigenvalue weighted by molar-refractivity contribution is 4.91. The summed E-state index contributed by atoms with van der Waals surface area (Å²) in [6.45, 7) is 1.38. The molecule has 1 aliphatic heterocycles. The molecular formula is C10H18O4. The molecule has 14 heavy (non-hydrogen) atoms. The van der Waals surface area contributed by atoms with Crippen LogP contribution in [0, 0.1) is 0 Å². The Morgan fingerprint density at radius 2 is 1.57 bits per heavy atom. The summed E-state index contributed by atoms with van der Waals surface area (Å²) in [5.41, 5.74) is -0.699. The van der Waals surface area contributed by atoms with Gasteiger partial charge in [-0.2, -0.15) is 0 Å². The molecule has 1 saturated carbocycles. The van der Waals surface area contributed by atoms with Gasteiger partial charge in [0.25, 0.3) is 0 Å². The van der Waals surface area contributed by atoms with Gasteiger partial charge in [0.2, 0.25) is 0 Å². The quantitative estimate of drug-likeness (QED) is 0.681. The summed E-state index contributed by atoms with van der Waals surface area (Å²) in [5.74, 6) is -0.415. The van der Waals surface area contributed by atoms with Crippen molar-refractivity contribution in [1.82, 2.24) is 0 Å². The van der Waals surface area contributed by atoms with Crippen molar-refractivity contribution in [2.45, 2.75) is 43.5 Å². The second-order valence-electron chi connectivity index (χ2n) is 4.31. The summed E-state index contributed by atoms with van der Waals surface area (Å²) in [7, 11) is 0. The van der Waals surface area contributed by atoms with Crippen LogP contribution in [-0.4, -0.2) is 41.4 Å². The number of aliphatic hydroxyl groups excluding tert-OH is 1. The van der Waals surface area contributed by atoms with Gasteiger partial charge >= 0.3 is 0 Å². The number of hydrogen-bond donors (Lipinski definition) is 2. The van der Waals surface area contributed by atoms with E-state index in [1.54, 1.807) is 0 Å². The van der Waals surface area contributed by atoms with Crippen LogP contribution < -0.4 is 0 Å². The Morgan fingerprint density at radius 1 is 1.00 bits per heavy atom. The smallest absolute Gasteiger partial charge is 0.168 e. The number of rotatable bonds is 2. The summed E-state index contributed by atoms with van der Waals surface area (Å²) >= 11 is 0. The van der Waals surface area contributed by atoms with Crippen LogP contribution in [0.3, 0.4) is 0 Å². The third-order valence-electron chi connectivity index (χ3n) is 3.33. The molecule has 0 unspecified atom stereocenters. The molecule has 82 valence electrons. The van der Waals surface area contributed by atoms with E-state index in [4.69, 9.17) is 14.6 Å². The molecule has 0 radical (unpaired) electrons. The van der Waals surface area contributed by atoms with Gasteiger partial charge in [-0.3, -0.25) is 0 Å². The van der Waals surface area contributed by atoms with Gasteiger partial charge in [0, 0.05) is 19.4 Å². The predicted molar refractivity (Wildman–Crippen MR) is 49.8 cm³/mol. The minimum Gasteiger partial charge on any atom is -0.396 e. The Balaban J connectivity index is 1.90. The highest BCUT2D eigenvalue weighted by Gasteiger charge is 2.45. The Labute approximate surface area is 83.8 Å². The first-order valence-electron chi connectivity index (χ1n) is 5.29. The molecule has 0 atom stereocenters. The van der Waals surface area contributed by atoms with Crippen LogP contribution in [0.1, 0.15) is 32.1 Å². The Morgan fingerprint density at radius 3 is 2.07 bits per heavy atom. The highest BCUT2D eigenvalue weighted by Crippen LogP contribution is 2.41. The summed E-state index contributed by atoms with van der Waals surface area (Å²) in [4.78, 5) is 0. The SMILES string of the molecule is OCCC1(O)CCC2(CC1)OCCO2. The molecule has 0 amide bonds. The van der Waals surface area contributed by atoms with Crippen molar-refractivity contribution in [2.75, 3.05) is 19.8 Å². The van der Waals surface area contributed by atoms with E-state index in [1.165, 1.54) is 0 Å². The zero-order valence-electron chi connectivity index (χ0n) is 8.37. The Bertz CT molecular complexity index is 188. The van der Waals surface area contributed by atoms with E-state index in [9.17, 15) is 5.11 Å². The van der Waals surface area contributed by atoms with Crippen molar-refractivity contribution in [1.29, 1.82) is 0 Å². The monoisotopic (exact) mass is 202 g/mol. The highest BCUT2D eigenvalue weighted by atomic mass is 16.7. The molecular weight excluding hydrogens is 184 g/mol. The standard InChI is InChI=1S/C10H18O4/c11-6-5-9(12)1-3-10(4-2-9)13-7-8-14-10/h11-12H,1-8H2. The van der Waals surface area contributed by atoms with Crippen LogP contribution >= 0.6 is 0 Å². The van der Waals surface area contributed by atoms with Crippen molar-refractivity contribution in [3.8, 4) is 0 Å². The minimum absolute atomic E-state index is 0.0468. The fourth-order valence-electron chi connectivity index (χ4n) is 2.34. The average molecular weight is 202 g/mol. The average Bonchev–Trinajstić information content (AvgIpc) is 2.61. The van der Waals surface area contributed by atoms with E-state index in [0.29, 0.717) is 32.5 Å². The van der Waals surface area contributed by atoms with Crippen molar-refractivity contribution in [2.24, 2.45) is 0 Å². The van der Waals surface area contributed by atoms with Crippen molar-refractivity contribution < 1.29 is 19.7 Å². The fourth-order valence-corrected chi connectivity index (χ4v) is 2.34. The van der Waals surface area contributed by atoms with Crippen LogP contribution in [0.15, 0.2) is 0 Å². The van der Waals surface area contributed by atoms with Crippen LogP contribution in [-0.2, 0) is 9.47 Å². The number of aliphatic hydroxyl groups is 2. The lowest BCUT2D eigenvalue weighted by molar-refractivity contribution is -0.204. The second kappa shape index (κ2) is 3.77. The van der Waals surface area contributed by atoms with E-state index in [-0.39, 0.29) is 6.61 Å². The van der Waals surface area contributed by atoms with E-state index in [0.717, 1.165) is 12.8 Å². The summed E-state index contributed by atoms with van der Waals surface area (Å²) in [5, 5.41) is 18.9. The van der Waals surface area contributed by atoms with Gasteiger partial charge in [-0.15, -0.1) is 0 Å². The maximum atomic E-state index is 10.0. The molecule has 1 heterocycles.